The van der Waals surface area contributed by atoms with E-state index in [9.17, 15) is 0 Å². The molecule has 0 bridgehead atoms. The van der Waals surface area contributed by atoms with Crippen LogP contribution in [0.3, 0.4) is 0 Å². The highest BCUT2D eigenvalue weighted by Gasteiger charge is 2.00. The maximum atomic E-state index is 3.50. The van der Waals surface area contributed by atoms with Crippen LogP contribution in [0.15, 0.2) is 62.8 Å². The van der Waals surface area contributed by atoms with E-state index in [0.717, 1.165) is 9.37 Å². The molecule has 0 saturated carbocycles. The Morgan fingerprint density at radius 3 is 2.50 bits per heavy atom. The van der Waals surface area contributed by atoms with Gasteiger partial charge in [0.15, 0.2) is 0 Å². The van der Waals surface area contributed by atoms with Crippen LogP contribution in [-0.2, 0) is 0 Å². The van der Waals surface area contributed by atoms with E-state index < -0.39 is 0 Å². The first-order valence-electron chi connectivity index (χ1n) is 4.25. The molecule has 0 spiro atoms. The Morgan fingerprint density at radius 2 is 1.79 bits per heavy atom. The highest BCUT2D eigenvalue weighted by atomic mass is 79.9. The van der Waals surface area contributed by atoms with Crippen LogP contribution >= 0.6 is 27.7 Å². The highest BCUT2D eigenvalue weighted by Crippen LogP contribution is 2.32. The van der Waals surface area contributed by atoms with E-state index in [2.05, 4.69) is 34.1 Å². The summed E-state index contributed by atoms with van der Waals surface area (Å²) in [5.41, 5.74) is 0. The highest BCUT2D eigenvalue weighted by molar-refractivity contribution is 9.10. The molecule has 0 aliphatic rings. The molecule has 0 aliphatic carbocycles. The van der Waals surface area contributed by atoms with Crippen molar-refractivity contribution in [3.05, 3.63) is 59.1 Å². The minimum absolute atomic E-state index is 1.09. The van der Waals surface area contributed by atoms with Gasteiger partial charge in [0.25, 0.3) is 0 Å². The van der Waals surface area contributed by atoms with E-state index in [0.29, 0.717) is 0 Å². The van der Waals surface area contributed by atoms with Crippen molar-refractivity contribution in [2.45, 2.75) is 9.79 Å². The lowest BCUT2D eigenvalue weighted by atomic mass is 10.4. The average molecular weight is 264 g/mol. The first-order chi connectivity index (χ1) is 6.86. The first-order valence-corrected chi connectivity index (χ1v) is 5.86. The van der Waals surface area contributed by atoms with Crippen molar-refractivity contribution in [1.82, 2.24) is 0 Å². The second-order valence-electron chi connectivity index (χ2n) is 2.76. The fourth-order valence-corrected chi connectivity index (χ4v) is 2.42. The molecule has 1 radical (unpaired) electrons. The zero-order valence-electron chi connectivity index (χ0n) is 7.41. The third kappa shape index (κ3) is 2.40. The zero-order chi connectivity index (χ0) is 9.80. The van der Waals surface area contributed by atoms with Crippen molar-refractivity contribution < 1.29 is 0 Å². The second kappa shape index (κ2) is 4.67. The van der Waals surface area contributed by atoms with Crippen LogP contribution in [0.25, 0.3) is 0 Å². The summed E-state index contributed by atoms with van der Waals surface area (Å²) in [5, 5.41) is 0. The Hall–Kier alpha value is -0.730. The lowest BCUT2D eigenvalue weighted by molar-refractivity contribution is 1.36. The Labute approximate surface area is 96.5 Å². The molecule has 0 heterocycles. The Morgan fingerprint density at radius 1 is 1.00 bits per heavy atom. The number of rotatable bonds is 2. The van der Waals surface area contributed by atoms with Gasteiger partial charge in [-0.25, -0.2) is 0 Å². The zero-order valence-corrected chi connectivity index (χ0v) is 9.81. The van der Waals surface area contributed by atoms with Gasteiger partial charge < -0.3 is 0 Å². The van der Waals surface area contributed by atoms with Crippen LogP contribution in [0.4, 0.5) is 0 Å². The van der Waals surface area contributed by atoms with E-state index in [1.807, 2.05) is 36.4 Å². The van der Waals surface area contributed by atoms with Crippen LogP contribution in [0.1, 0.15) is 0 Å². The molecule has 2 aromatic rings. The molecule has 0 saturated heterocycles. The van der Waals surface area contributed by atoms with Gasteiger partial charge in [0.05, 0.1) is 0 Å². The molecule has 2 rings (SSSR count). The third-order valence-electron chi connectivity index (χ3n) is 1.73. The van der Waals surface area contributed by atoms with Crippen molar-refractivity contribution in [2.24, 2.45) is 0 Å². The summed E-state index contributed by atoms with van der Waals surface area (Å²) in [4.78, 5) is 2.36. The van der Waals surface area contributed by atoms with Gasteiger partial charge in [0.1, 0.15) is 0 Å². The minimum Gasteiger partial charge on any atom is -0.0883 e. The molecular formula is C12H8BrS. The number of hydrogen-bond acceptors (Lipinski definition) is 1. The molecule has 0 amide bonds. The molecule has 0 fully saturated rings. The first kappa shape index (κ1) is 9.81. The summed E-state index contributed by atoms with van der Waals surface area (Å²) in [6, 6.07) is 19.4. The van der Waals surface area contributed by atoms with E-state index >= 15 is 0 Å². The summed E-state index contributed by atoms with van der Waals surface area (Å²) in [5.74, 6) is 0. The Balaban J connectivity index is 2.24. The molecular weight excluding hydrogens is 256 g/mol. The predicted octanol–water partition coefficient (Wildman–Crippen LogP) is 4.40. The van der Waals surface area contributed by atoms with Crippen LogP contribution in [0, 0.1) is 6.07 Å². The summed E-state index contributed by atoms with van der Waals surface area (Å²) >= 11 is 5.21. The molecule has 2 heteroatoms. The van der Waals surface area contributed by atoms with Crippen molar-refractivity contribution in [2.75, 3.05) is 0 Å². The maximum Gasteiger partial charge on any atom is 0.0343 e. The molecule has 0 unspecified atom stereocenters. The van der Waals surface area contributed by atoms with Gasteiger partial charge in [0.2, 0.25) is 0 Å². The standard InChI is InChI=1S/C12H8BrS/c13-11-8-4-5-9-12(11)14-10-6-2-1-3-7-10/h1-8H. The van der Waals surface area contributed by atoms with Crippen LogP contribution < -0.4 is 0 Å². The predicted molar refractivity (Wildman–Crippen MR) is 63.5 cm³/mol. The monoisotopic (exact) mass is 263 g/mol. The summed E-state index contributed by atoms with van der Waals surface area (Å²) < 4.78 is 1.09. The average Bonchev–Trinajstić information content (AvgIpc) is 2.23. The van der Waals surface area contributed by atoms with E-state index in [1.54, 1.807) is 11.8 Å². The van der Waals surface area contributed by atoms with Gasteiger partial charge in [-0.05, 0) is 40.2 Å². The van der Waals surface area contributed by atoms with Gasteiger partial charge in [-0.1, -0.05) is 42.1 Å². The molecule has 2 aromatic carbocycles. The number of hydrogen-bond donors (Lipinski definition) is 0. The van der Waals surface area contributed by atoms with Crippen LogP contribution in [0.5, 0.6) is 0 Å². The normalized spacial score (nSPS) is 10.1. The topological polar surface area (TPSA) is 0 Å². The van der Waals surface area contributed by atoms with Crippen LogP contribution in [0.2, 0.25) is 0 Å². The fraction of sp³-hybridized carbons (Fsp3) is 0. The lowest BCUT2D eigenvalue weighted by Crippen LogP contribution is -1.74. The summed E-state index contributed by atoms with van der Waals surface area (Å²) in [7, 11) is 0. The van der Waals surface area contributed by atoms with Crippen molar-refractivity contribution >= 4 is 27.7 Å². The van der Waals surface area contributed by atoms with E-state index in [4.69, 9.17) is 0 Å². The van der Waals surface area contributed by atoms with Gasteiger partial charge in [-0.3, -0.25) is 0 Å². The minimum atomic E-state index is 1.09. The van der Waals surface area contributed by atoms with Gasteiger partial charge in [0, 0.05) is 14.3 Å². The number of benzene rings is 2. The van der Waals surface area contributed by atoms with Crippen molar-refractivity contribution in [3.8, 4) is 0 Å². The van der Waals surface area contributed by atoms with Gasteiger partial charge in [-0.15, -0.1) is 0 Å². The smallest absolute Gasteiger partial charge is 0.0343 e. The molecule has 0 aromatic heterocycles. The molecule has 0 aliphatic heterocycles. The molecule has 69 valence electrons. The lowest BCUT2D eigenvalue weighted by Gasteiger charge is -2.02. The van der Waals surface area contributed by atoms with Gasteiger partial charge >= 0.3 is 0 Å². The molecule has 0 nitrogen and oxygen atoms in total. The van der Waals surface area contributed by atoms with Crippen molar-refractivity contribution in [3.63, 3.8) is 0 Å². The molecule has 14 heavy (non-hydrogen) atoms. The quantitative estimate of drug-likeness (QED) is 0.774. The summed E-state index contributed by atoms with van der Waals surface area (Å²) in [6.45, 7) is 0. The SMILES string of the molecule is Brc1ccc[c]c1Sc1ccccc1. The second-order valence-corrected chi connectivity index (χ2v) is 4.70. The molecule has 0 atom stereocenters. The van der Waals surface area contributed by atoms with Crippen LogP contribution in [-0.4, -0.2) is 0 Å². The Bertz CT molecular complexity index is 412. The fourth-order valence-electron chi connectivity index (χ4n) is 1.09. The van der Waals surface area contributed by atoms with Crippen molar-refractivity contribution in [1.29, 1.82) is 0 Å². The largest absolute Gasteiger partial charge is 0.0883 e. The third-order valence-corrected chi connectivity index (χ3v) is 3.71. The van der Waals surface area contributed by atoms with Gasteiger partial charge in [-0.2, -0.15) is 0 Å². The summed E-state index contributed by atoms with van der Waals surface area (Å²) in [6.07, 6.45) is 0. The van der Waals surface area contributed by atoms with E-state index in [-0.39, 0.29) is 0 Å². The maximum absolute atomic E-state index is 3.50. The van der Waals surface area contributed by atoms with E-state index in [1.165, 1.54) is 4.90 Å². The Kier molecular flexibility index (Phi) is 3.27. The molecule has 0 N–H and O–H groups in total. The number of halogens is 1.